The lowest BCUT2D eigenvalue weighted by Gasteiger charge is -2.11. The number of nitrogens with one attached hydrogen (secondary N) is 2. The first-order valence-corrected chi connectivity index (χ1v) is 10.1. The Labute approximate surface area is 174 Å². The zero-order valence-electron chi connectivity index (χ0n) is 16.7. The third kappa shape index (κ3) is 3.52. The molecule has 1 aliphatic heterocycles. The molecule has 1 amide bonds. The lowest BCUT2D eigenvalue weighted by atomic mass is 10.0. The van der Waals surface area contributed by atoms with Crippen molar-refractivity contribution in [3.63, 3.8) is 0 Å². The summed E-state index contributed by atoms with van der Waals surface area (Å²) in [5, 5.41) is 11.0. The summed E-state index contributed by atoms with van der Waals surface area (Å²) in [4.78, 5) is 16.3. The van der Waals surface area contributed by atoms with Crippen molar-refractivity contribution in [2.45, 2.75) is 25.9 Å². The Morgan fingerprint density at radius 3 is 2.77 bits per heavy atom. The number of carbonyl (C=O) groups is 1. The molecule has 1 fully saturated rings. The number of fused-ring (bicyclic) bond motifs is 1. The molecule has 0 bridgehead atoms. The molecular weight excluding hydrogens is 376 g/mol. The third-order valence-corrected chi connectivity index (χ3v) is 5.57. The molecule has 2 aromatic heterocycles. The first-order chi connectivity index (χ1) is 14.7. The number of ether oxygens (including phenoxy) is 1. The van der Waals surface area contributed by atoms with Crippen LogP contribution in [0.3, 0.4) is 0 Å². The molecule has 6 heteroatoms. The maximum absolute atomic E-state index is 11.5. The van der Waals surface area contributed by atoms with Gasteiger partial charge in [0, 0.05) is 35.4 Å². The highest BCUT2D eigenvalue weighted by Gasteiger charge is 2.27. The molecule has 0 spiro atoms. The molecule has 150 valence electrons. The second-order valence-corrected chi connectivity index (χ2v) is 7.69. The Bertz CT molecular complexity index is 1210. The normalized spacial score (nSPS) is 16.0. The number of aryl methyl sites for hydroxylation is 1. The van der Waals surface area contributed by atoms with Gasteiger partial charge in [0.2, 0.25) is 11.8 Å². The van der Waals surface area contributed by atoms with Crippen LogP contribution in [0.15, 0.2) is 60.8 Å². The Morgan fingerprint density at radius 2 is 1.97 bits per heavy atom. The molecule has 1 aliphatic rings. The van der Waals surface area contributed by atoms with Gasteiger partial charge in [0.05, 0.1) is 17.4 Å². The minimum atomic E-state index is 0.0698. The van der Waals surface area contributed by atoms with Crippen LogP contribution in [0.1, 0.15) is 29.0 Å². The van der Waals surface area contributed by atoms with Crippen molar-refractivity contribution in [3.05, 3.63) is 77.5 Å². The van der Waals surface area contributed by atoms with Crippen LogP contribution in [0.5, 0.6) is 5.88 Å². The molecule has 30 heavy (non-hydrogen) atoms. The Kier molecular flexibility index (Phi) is 4.67. The van der Waals surface area contributed by atoms with Gasteiger partial charge in [-0.25, -0.2) is 10.1 Å². The number of nitrogens with zero attached hydrogens (tertiary/aromatic N) is 2. The van der Waals surface area contributed by atoms with E-state index in [0.717, 1.165) is 38.9 Å². The summed E-state index contributed by atoms with van der Waals surface area (Å²) < 4.78 is 5.97. The van der Waals surface area contributed by atoms with Crippen molar-refractivity contribution >= 4 is 16.8 Å². The van der Waals surface area contributed by atoms with Crippen LogP contribution in [-0.2, 0) is 11.4 Å². The SMILES string of the molecule is Cc1cc2ccccc2nc1-c1ccc(COc2[nH]ncc2C2CNC(=O)C2)cc1. The van der Waals surface area contributed by atoms with Crippen molar-refractivity contribution in [2.75, 3.05) is 6.54 Å². The highest BCUT2D eigenvalue weighted by Crippen LogP contribution is 2.30. The van der Waals surface area contributed by atoms with Crippen molar-refractivity contribution in [3.8, 4) is 17.1 Å². The lowest BCUT2D eigenvalue weighted by Crippen LogP contribution is -2.13. The number of benzene rings is 2. The maximum atomic E-state index is 11.5. The van der Waals surface area contributed by atoms with Crippen LogP contribution in [0.4, 0.5) is 0 Å². The van der Waals surface area contributed by atoms with Crippen LogP contribution >= 0.6 is 0 Å². The summed E-state index contributed by atoms with van der Waals surface area (Å²) in [5.41, 5.74) is 6.23. The van der Waals surface area contributed by atoms with Crippen LogP contribution in [0, 0.1) is 6.92 Å². The third-order valence-electron chi connectivity index (χ3n) is 5.57. The van der Waals surface area contributed by atoms with Crippen LogP contribution < -0.4 is 10.1 Å². The van der Waals surface area contributed by atoms with Gasteiger partial charge in [-0.1, -0.05) is 42.5 Å². The fraction of sp³-hybridized carbons (Fsp3) is 0.208. The van der Waals surface area contributed by atoms with Crippen LogP contribution in [-0.4, -0.2) is 27.6 Å². The number of rotatable bonds is 5. The average Bonchev–Trinajstić information content (AvgIpc) is 3.41. The van der Waals surface area contributed by atoms with E-state index in [4.69, 9.17) is 9.72 Å². The zero-order chi connectivity index (χ0) is 20.5. The van der Waals surface area contributed by atoms with Gasteiger partial charge in [-0.15, -0.1) is 0 Å². The minimum Gasteiger partial charge on any atom is -0.473 e. The molecule has 3 heterocycles. The molecule has 1 saturated heterocycles. The second kappa shape index (κ2) is 7.63. The number of carbonyl (C=O) groups excluding carboxylic acids is 1. The molecule has 4 aromatic rings. The number of para-hydroxylation sites is 1. The van der Waals surface area contributed by atoms with Crippen molar-refractivity contribution in [1.29, 1.82) is 0 Å². The first-order valence-electron chi connectivity index (χ1n) is 10.1. The Morgan fingerprint density at radius 1 is 1.13 bits per heavy atom. The van der Waals surface area contributed by atoms with E-state index < -0.39 is 0 Å². The summed E-state index contributed by atoms with van der Waals surface area (Å²) >= 11 is 0. The number of aromatic amines is 1. The average molecular weight is 398 g/mol. The van der Waals surface area contributed by atoms with E-state index in [2.05, 4.69) is 58.8 Å². The van der Waals surface area contributed by atoms with E-state index in [1.54, 1.807) is 6.20 Å². The smallest absolute Gasteiger partial charge is 0.220 e. The summed E-state index contributed by atoms with van der Waals surface area (Å²) in [6.45, 7) is 3.14. The van der Waals surface area contributed by atoms with Crippen molar-refractivity contribution < 1.29 is 9.53 Å². The van der Waals surface area contributed by atoms with E-state index in [-0.39, 0.29) is 11.8 Å². The van der Waals surface area contributed by atoms with Crippen LogP contribution in [0.2, 0.25) is 0 Å². The number of aromatic nitrogens is 3. The van der Waals surface area contributed by atoms with Crippen molar-refractivity contribution in [2.24, 2.45) is 0 Å². The van der Waals surface area contributed by atoms with E-state index in [1.807, 2.05) is 18.2 Å². The number of amides is 1. The predicted octanol–water partition coefficient (Wildman–Crippen LogP) is 4.12. The highest BCUT2D eigenvalue weighted by atomic mass is 16.5. The molecule has 2 aromatic carbocycles. The fourth-order valence-electron chi connectivity index (χ4n) is 3.94. The molecule has 1 unspecified atom stereocenters. The molecule has 0 saturated carbocycles. The predicted molar refractivity (Wildman–Crippen MR) is 115 cm³/mol. The van der Waals surface area contributed by atoms with Gasteiger partial charge >= 0.3 is 0 Å². The molecular formula is C24H22N4O2. The largest absolute Gasteiger partial charge is 0.473 e. The highest BCUT2D eigenvalue weighted by molar-refractivity contribution is 5.83. The molecule has 0 radical (unpaired) electrons. The van der Waals surface area contributed by atoms with Gasteiger partial charge in [-0.3, -0.25) is 4.79 Å². The molecule has 5 rings (SSSR count). The van der Waals surface area contributed by atoms with Gasteiger partial charge < -0.3 is 10.1 Å². The lowest BCUT2D eigenvalue weighted by molar-refractivity contribution is -0.119. The van der Waals surface area contributed by atoms with E-state index in [1.165, 1.54) is 0 Å². The number of hydrogen-bond donors (Lipinski definition) is 2. The summed E-state index contributed by atoms with van der Waals surface area (Å²) in [5.74, 6) is 0.809. The maximum Gasteiger partial charge on any atom is 0.220 e. The molecule has 1 atom stereocenters. The molecule has 2 N–H and O–H groups in total. The standard InChI is InChI=1S/C24H22N4O2/c1-15-10-18-4-2-3-5-21(18)27-23(15)17-8-6-16(7-9-17)14-30-24-20(13-26-28-24)19-11-22(29)25-12-19/h2-10,13,19H,11-12,14H2,1H3,(H,25,29)(H,26,28). The van der Waals surface area contributed by atoms with Gasteiger partial charge in [0.15, 0.2) is 0 Å². The van der Waals surface area contributed by atoms with E-state index >= 15 is 0 Å². The summed E-state index contributed by atoms with van der Waals surface area (Å²) in [6.07, 6.45) is 2.22. The number of pyridine rings is 1. The monoisotopic (exact) mass is 398 g/mol. The fourth-order valence-corrected chi connectivity index (χ4v) is 3.94. The topological polar surface area (TPSA) is 79.9 Å². The van der Waals surface area contributed by atoms with E-state index in [0.29, 0.717) is 25.5 Å². The number of H-pyrrole nitrogens is 1. The zero-order valence-corrected chi connectivity index (χ0v) is 16.7. The molecule has 0 aliphatic carbocycles. The minimum absolute atomic E-state index is 0.0698. The Balaban J connectivity index is 1.31. The number of hydrogen-bond acceptors (Lipinski definition) is 4. The van der Waals surface area contributed by atoms with Gasteiger partial charge in [-0.05, 0) is 30.2 Å². The van der Waals surface area contributed by atoms with Crippen LogP contribution in [0.25, 0.3) is 22.2 Å². The quantitative estimate of drug-likeness (QED) is 0.530. The van der Waals surface area contributed by atoms with Gasteiger partial charge in [-0.2, -0.15) is 5.10 Å². The summed E-state index contributed by atoms with van der Waals surface area (Å²) in [6, 6.07) is 18.6. The molecule has 6 nitrogen and oxygen atoms in total. The van der Waals surface area contributed by atoms with Gasteiger partial charge in [0.25, 0.3) is 0 Å². The van der Waals surface area contributed by atoms with Crippen molar-refractivity contribution in [1.82, 2.24) is 20.5 Å². The summed E-state index contributed by atoms with van der Waals surface area (Å²) in [7, 11) is 0. The van der Waals surface area contributed by atoms with E-state index in [9.17, 15) is 4.79 Å². The Hall–Kier alpha value is -3.67. The second-order valence-electron chi connectivity index (χ2n) is 7.69. The van der Waals surface area contributed by atoms with Gasteiger partial charge in [0.1, 0.15) is 6.61 Å². The first kappa shape index (κ1) is 18.4.